The Balaban J connectivity index is 2.20. The van der Waals surface area contributed by atoms with Gasteiger partial charge in [0.1, 0.15) is 5.75 Å². The van der Waals surface area contributed by atoms with Gasteiger partial charge >= 0.3 is 5.97 Å². The minimum Gasteiger partial charge on any atom is -0.494 e. The number of aliphatic carboxylic acids is 1. The van der Waals surface area contributed by atoms with Crippen molar-refractivity contribution < 1.29 is 14.6 Å². The lowest BCUT2D eigenvalue weighted by atomic mass is 10.1. The molecule has 4 heteroatoms. The second-order valence-electron chi connectivity index (χ2n) is 4.94. The molecular weight excluding hydrogens is 242 g/mol. The minimum absolute atomic E-state index is 0.0614. The third-order valence-corrected chi connectivity index (χ3v) is 3.50. The van der Waals surface area contributed by atoms with E-state index >= 15 is 0 Å². The van der Waals surface area contributed by atoms with Gasteiger partial charge in [-0.15, -0.1) is 0 Å². The molecule has 4 nitrogen and oxygen atoms in total. The average molecular weight is 263 g/mol. The Morgan fingerprint density at radius 2 is 2.16 bits per heavy atom. The van der Waals surface area contributed by atoms with Crippen LogP contribution in [0.15, 0.2) is 24.3 Å². The van der Waals surface area contributed by atoms with Crippen LogP contribution in [0.3, 0.4) is 0 Å². The molecule has 0 bridgehead atoms. The van der Waals surface area contributed by atoms with Crippen molar-refractivity contribution in [2.45, 2.75) is 38.8 Å². The van der Waals surface area contributed by atoms with Crippen LogP contribution in [0, 0.1) is 0 Å². The van der Waals surface area contributed by atoms with E-state index in [0.29, 0.717) is 12.6 Å². The fraction of sp³-hybridized carbons (Fsp3) is 0.533. The van der Waals surface area contributed by atoms with E-state index in [4.69, 9.17) is 9.84 Å². The van der Waals surface area contributed by atoms with Crippen LogP contribution in [0.1, 0.15) is 38.3 Å². The molecule has 0 aromatic heterocycles. The van der Waals surface area contributed by atoms with Gasteiger partial charge in [0.2, 0.25) is 0 Å². The zero-order chi connectivity index (χ0) is 13.8. The van der Waals surface area contributed by atoms with Gasteiger partial charge in [-0.25, -0.2) is 0 Å². The topological polar surface area (TPSA) is 49.8 Å². The number of carbonyl (C=O) groups is 1. The number of para-hydroxylation sites is 1. The van der Waals surface area contributed by atoms with Crippen LogP contribution in [0.4, 0.5) is 0 Å². The predicted molar refractivity (Wildman–Crippen MR) is 73.4 cm³/mol. The highest BCUT2D eigenvalue weighted by Gasteiger charge is 2.34. The first-order chi connectivity index (χ1) is 9.13. The van der Waals surface area contributed by atoms with Gasteiger partial charge in [0.25, 0.3) is 0 Å². The van der Waals surface area contributed by atoms with E-state index in [9.17, 15) is 4.79 Å². The highest BCUT2D eigenvalue weighted by molar-refractivity contribution is 5.69. The molecule has 1 aromatic carbocycles. The van der Waals surface area contributed by atoms with E-state index in [1.54, 1.807) is 0 Å². The van der Waals surface area contributed by atoms with E-state index in [1.807, 2.05) is 31.2 Å². The lowest BCUT2D eigenvalue weighted by molar-refractivity contribution is -0.139. The van der Waals surface area contributed by atoms with Crippen molar-refractivity contribution in [3.05, 3.63) is 29.8 Å². The van der Waals surface area contributed by atoms with Crippen LogP contribution < -0.4 is 4.74 Å². The van der Waals surface area contributed by atoms with E-state index in [0.717, 1.165) is 24.2 Å². The molecule has 0 saturated heterocycles. The number of ether oxygens (including phenoxy) is 1. The van der Waals surface area contributed by atoms with Crippen molar-refractivity contribution in [1.82, 2.24) is 4.90 Å². The van der Waals surface area contributed by atoms with Crippen molar-refractivity contribution in [1.29, 1.82) is 0 Å². The summed E-state index contributed by atoms with van der Waals surface area (Å²) in [5, 5.41) is 9.06. The highest BCUT2D eigenvalue weighted by atomic mass is 16.5. The molecule has 0 radical (unpaired) electrons. The maximum absolute atomic E-state index is 11.0. The van der Waals surface area contributed by atoms with Crippen molar-refractivity contribution in [3.8, 4) is 5.75 Å². The van der Waals surface area contributed by atoms with Crippen molar-refractivity contribution in [2.24, 2.45) is 0 Å². The van der Waals surface area contributed by atoms with Gasteiger partial charge in [-0.1, -0.05) is 18.2 Å². The lowest BCUT2D eigenvalue weighted by Crippen LogP contribution is -2.34. The minimum atomic E-state index is -0.771. The molecule has 1 saturated carbocycles. The van der Waals surface area contributed by atoms with E-state index in [-0.39, 0.29) is 12.6 Å². The molecule has 1 aromatic rings. The zero-order valence-corrected chi connectivity index (χ0v) is 11.5. The summed E-state index contributed by atoms with van der Waals surface area (Å²) in [5.41, 5.74) is 1.07. The van der Waals surface area contributed by atoms with Gasteiger partial charge in [0, 0.05) is 17.6 Å². The van der Waals surface area contributed by atoms with Gasteiger partial charge in [0.05, 0.1) is 13.2 Å². The van der Waals surface area contributed by atoms with Gasteiger partial charge in [0.15, 0.2) is 0 Å². The highest BCUT2D eigenvalue weighted by Crippen LogP contribution is 2.36. The molecule has 1 unspecified atom stereocenters. The molecule has 2 rings (SSSR count). The molecular formula is C15H21NO3. The van der Waals surface area contributed by atoms with Crippen LogP contribution in [0.5, 0.6) is 5.75 Å². The van der Waals surface area contributed by atoms with Crippen molar-refractivity contribution in [2.75, 3.05) is 13.2 Å². The van der Waals surface area contributed by atoms with E-state index in [1.165, 1.54) is 0 Å². The Kier molecular flexibility index (Phi) is 4.43. The average Bonchev–Trinajstić information content (AvgIpc) is 3.20. The van der Waals surface area contributed by atoms with Gasteiger partial charge in [-0.2, -0.15) is 0 Å². The van der Waals surface area contributed by atoms with Crippen LogP contribution in [0.2, 0.25) is 0 Å². The Labute approximate surface area is 114 Å². The Morgan fingerprint density at radius 3 is 2.74 bits per heavy atom. The van der Waals surface area contributed by atoms with E-state index in [2.05, 4.69) is 11.8 Å². The smallest absolute Gasteiger partial charge is 0.317 e. The van der Waals surface area contributed by atoms with Crippen LogP contribution in [0.25, 0.3) is 0 Å². The molecule has 0 amide bonds. The first kappa shape index (κ1) is 13.9. The maximum atomic E-state index is 11.0. The Bertz CT molecular complexity index is 443. The van der Waals surface area contributed by atoms with Gasteiger partial charge < -0.3 is 9.84 Å². The summed E-state index contributed by atoms with van der Waals surface area (Å²) in [5.74, 6) is 0.0844. The summed E-state index contributed by atoms with van der Waals surface area (Å²) in [7, 11) is 0. The molecule has 0 aliphatic heterocycles. The van der Waals surface area contributed by atoms with Gasteiger partial charge in [-0.05, 0) is 32.8 Å². The summed E-state index contributed by atoms with van der Waals surface area (Å²) >= 11 is 0. The molecule has 0 spiro atoms. The van der Waals surface area contributed by atoms with Crippen molar-refractivity contribution in [3.63, 3.8) is 0 Å². The first-order valence-electron chi connectivity index (χ1n) is 6.82. The third kappa shape index (κ3) is 3.47. The number of rotatable bonds is 7. The monoisotopic (exact) mass is 263 g/mol. The third-order valence-electron chi connectivity index (χ3n) is 3.50. The zero-order valence-electron chi connectivity index (χ0n) is 11.5. The first-order valence-corrected chi connectivity index (χ1v) is 6.82. The predicted octanol–water partition coefficient (Wildman–Crippen LogP) is 2.70. The number of benzene rings is 1. The summed E-state index contributed by atoms with van der Waals surface area (Å²) in [4.78, 5) is 13.1. The quantitative estimate of drug-likeness (QED) is 0.821. The van der Waals surface area contributed by atoms with Crippen LogP contribution in [-0.2, 0) is 4.79 Å². The standard InChI is InChI=1S/C15H21NO3/c1-3-19-14-7-5-4-6-13(14)11(2)16(10-15(17)18)12-8-9-12/h4-7,11-12H,3,8-10H2,1-2H3,(H,17,18). The second-order valence-corrected chi connectivity index (χ2v) is 4.94. The number of hydrogen-bond acceptors (Lipinski definition) is 3. The molecule has 104 valence electrons. The van der Waals surface area contributed by atoms with E-state index < -0.39 is 5.97 Å². The fourth-order valence-electron chi connectivity index (χ4n) is 2.44. The molecule has 1 atom stereocenters. The SMILES string of the molecule is CCOc1ccccc1C(C)N(CC(=O)O)C1CC1. The number of carboxylic acid groups (broad SMARTS) is 1. The largest absolute Gasteiger partial charge is 0.494 e. The molecule has 0 heterocycles. The van der Waals surface area contributed by atoms with Gasteiger partial charge in [-0.3, -0.25) is 9.69 Å². The molecule has 1 aliphatic rings. The molecule has 1 aliphatic carbocycles. The summed E-state index contributed by atoms with van der Waals surface area (Å²) in [6.07, 6.45) is 2.18. The summed E-state index contributed by atoms with van der Waals surface area (Å²) in [6, 6.07) is 8.35. The maximum Gasteiger partial charge on any atom is 0.317 e. The second kappa shape index (κ2) is 6.06. The number of carboxylic acids is 1. The molecule has 19 heavy (non-hydrogen) atoms. The van der Waals surface area contributed by atoms with Crippen LogP contribution in [-0.4, -0.2) is 35.2 Å². The Morgan fingerprint density at radius 1 is 1.47 bits per heavy atom. The fourth-order valence-corrected chi connectivity index (χ4v) is 2.44. The molecule has 1 N–H and O–H groups in total. The summed E-state index contributed by atoms with van der Waals surface area (Å²) in [6.45, 7) is 4.72. The molecule has 1 fully saturated rings. The normalized spacial score (nSPS) is 16.4. The number of nitrogens with zero attached hydrogens (tertiary/aromatic N) is 1. The lowest BCUT2D eigenvalue weighted by Gasteiger charge is -2.29. The van der Waals surface area contributed by atoms with Crippen LogP contribution >= 0.6 is 0 Å². The summed E-state index contributed by atoms with van der Waals surface area (Å²) < 4.78 is 5.64. The number of hydrogen-bond donors (Lipinski definition) is 1. The Hall–Kier alpha value is -1.55. The van der Waals surface area contributed by atoms with Crippen molar-refractivity contribution >= 4 is 5.97 Å².